The lowest BCUT2D eigenvalue weighted by Crippen LogP contribution is -1.99. The minimum absolute atomic E-state index is 0.202. The molecule has 0 saturated heterocycles. The maximum absolute atomic E-state index is 10.9. The summed E-state index contributed by atoms with van der Waals surface area (Å²) in [6.07, 6.45) is 0. The Morgan fingerprint density at radius 2 is 2.05 bits per heavy atom. The van der Waals surface area contributed by atoms with Gasteiger partial charge in [0.25, 0.3) is 0 Å². The van der Waals surface area contributed by atoms with Crippen molar-refractivity contribution >= 4 is 11.7 Å². The van der Waals surface area contributed by atoms with Crippen molar-refractivity contribution in [3.05, 3.63) is 47.4 Å². The van der Waals surface area contributed by atoms with Crippen LogP contribution in [0.4, 0.5) is 5.69 Å². The molecule has 0 aliphatic heterocycles. The summed E-state index contributed by atoms with van der Waals surface area (Å²) in [6, 6.07) is 9.10. The Morgan fingerprint density at radius 1 is 1.35 bits per heavy atom. The number of carbonyl (C=O) groups is 1. The van der Waals surface area contributed by atoms with Gasteiger partial charge in [0, 0.05) is 5.69 Å². The lowest BCUT2D eigenvalue weighted by molar-refractivity contribution is 0.0695. The Kier molecular flexibility index (Phi) is 4.30. The van der Waals surface area contributed by atoms with Crippen molar-refractivity contribution in [3.8, 4) is 5.75 Å². The normalized spacial score (nSPS) is 10.3. The Hall–Kier alpha value is -2.43. The molecule has 2 rings (SSSR count). The van der Waals surface area contributed by atoms with E-state index in [1.807, 2.05) is 31.2 Å². The molecule has 5 heteroatoms. The zero-order valence-electron chi connectivity index (χ0n) is 11.5. The standard InChI is InChI=1S/C15H17NO4/c1-3-19-12-6-4-11(5-7-12)16-9-13-8-14(15(17)18)10(2)20-13/h4-8,16H,3,9H2,1-2H3,(H,17,18). The highest BCUT2D eigenvalue weighted by Gasteiger charge is 2.13. The third kappa shape index (κ3) is 3.32. The summed E-state index contributed by atoms with van der Waals surface area (Å²) in [7, 11) is 0. The number of hydrogen-bond acceptors (Lipinski definition) is 4. The van der Waals surface area contributed by atoms with Crippen LogP contribution in [0.1, 0.15) is 28.8 Å². The molecule has 0 unspecified atom stereocenters. The number of ether oxygens (including phenoxy) is 1. The maximum atomic E-state index is 10.9. The van der Waals surface area contributed by atoms with Crippen LogP contribution < -0.4 is 10.1 Å². The van der Waals surface area contributed by atoms with E-state index in [9.17, 15) is 4.79 Å². The number of aryl methyl sites for hydroxylation is 1. The van der Waals surface area contributed by atoms with Gasteiger partial charge < -0.3 is 19.6 Å². The van der Waals surface area contributed by atoms with Crippen molar-refractivity contribution in [3.63, 3.8) is 0 Å². The molecular weight excluding hydrogens is 258 g/mol. The fraction of sp³-hybridized carbons (Fsp3) is 0.267. The number of aromatic carboxylic acids is 1. The monoisotopic (exact) mass is 275 g/mol. The lowest BCUT2D eigenvalue weighted by atomic mass is 10.2. The molecule has 1 aromatic carbocycles. The van der Waals surface area contributed by atoms with Crippen LogP contribution in [0.2, 0.25) is 0 Å². The number of rotatable bonds is 6. The first-order valence-electron chi connectivity index (χ1n) is 6.39. The van der Waals surface area contributed by atoms with Gasteiger partial charge in [0.15, 0.2) is 0 Å². The van der Waals surface area contributed by atoms with E-state index in [0.29, 0.717) is 24.7 Å². The van der Waals surface area contributed by atoms with Crippen molar-refractivity contribution in [1.29, 1.82) is 0 Å². The predicted octanol–water partition coefficient (Wildman–Crippen LogP) is 3.30. The number of furan rings is 1. The van der Waals surface area contributed by atoms with Crippen LogP contribution in [-0.4, -0.2) is 17.7 Å². The molecule has 1 heterocycles. The minimum Gasteiger partial charge on any atom is -0.494 e. The average molecular weight is 275 g/mol. The van der Waals surface area contributed by atoms with Crippen LogP contribution in [0, 0.1) is 6.92 Å². The summed E-state index contributed by atoms with van der Waals surface area (Å²) in [6.45, 7) is 4.65. The third-order valence-corrected chi connectivity index (χ3v) is 2.83. The number of benzene rings is 1. The second-order valence-corrected chi connectivity index (χ2v) is 4.30. The van der Waals surface area contributed by atoms with E-state index < -0.39 is 5.97 Å². The van der Waals surface area contributed by atoms with Gasteiger partial charge >= 0.3 is 5.97 Å². The lowest BCUT2D eigenvalue weighted by Gasteiger charge is -2.06. The summed E-state index contributed by atoms with van der Waals surface area (Å²) >= 11 is 0. The third-order valence-electron chi connectivity index (χ3n) is 2.83. The van der Waals surface area contributed by atoms with Gasteiger partial charge in [-0.15, -0.1) is 0 Å². The maximum Gasteiger partial charge on any atom is 0.339 e. The number of hydrogen-bond donors (Lipinski definition) is 2. The quantitative estimate of drug-likeness (QED) is 0.846. The molecule has 0 radical (unpaired) electrons. The highest BCUT2D eigenvalue weighted by Crippen LogP contribution is 2.18. The number of anilines is 1. The number of carboxylic acid groups (broad SMARTS) is 1. The fourth-order valence-electron chi connectivity index (χ4n) is 1.87. The smallest absolute Gasteiger partial charge is 0.339 e. The first-order chi connectivity index (χ1) is 9.60. The molecule has 0 fully saturated rings. The van der Waals surface area contributed by atoms with E-state index >= 15 is 0 Å². The first kappa shape index (κ1) is 14.0. The summed E-state index contributed by atoms with van der Waals surface area (Å²) < 4.78 is 10.7. The molecule has 2 N–H and O–H groups in total. The van der Waals surface area contributed by atoms with E-state index in [4.69, 9.17) is 14.3 Å². The molecule has 1 aromatic heterocycles. The van der Waals surface area contributed by atoms with E-state index in [2.05, 4.69) is 5.32 Å². The Labute approximate surface area is 117 Å². The highest BCUT2D eigenvalue weighted by atomic mass is 16.5. The van der Waals surface area contributed by atoms with Crippen molar-refractivity contribution < 1.29 is 19.1 Å². The van der Waals surface area contributed by atoms with Crippen molar-refractivity contribution in [2.75, 3.05) is 11.9 Å². The van der Waals surface area contributed by atoms with E-state index in [1.54, 1.807) is 13.0 Å². The van der Waals surface area contributed by atoms with Gasteiger partial charge in [0.1, 0.15) is 22.8 Å². The van der Waals surface area contributed by atoms with Crippen LogP contribution in [0.5, 0.6) is 5.75 Å². The summed E-state index contributed by atoms with van der Waals surface area (Å²) in [4.78, 5) is 10.9. The van der Waals surface area contributed by atoms with Gasteiger partial charge in [-0.05, 0) is 44.2 Å². The molecule has 0 spiro atoms. The van der Waals surface area contributed by atoms with Gasteiger partial charge in [-0.3, -0.25) is 0 Å². The molecular formula is C15H17NO4. The van der Waals surface area contributed by atoms with Gasteiger partial charge in [0.2, 0.25) is 0 Å². The Balaban J connectivity index is 1.98. The molecule has 0 bridgehead atoms. The predicted molar refractivity (Wildman–Crippen MR) is 75.3 cm³/mol. The van der Waals surface area contributed by atoms with E-state index in [0.717, 1.165) is 11.4 Å². The van der Waals surface area contributed by atoms with Crippen molar-refractivity contribution in [2.24, 2.45) is 0 Å². The van der Waals surface area contributed by atoms with Crippen molar-refractivity contribution in [2.45, 2.75) is 20.4 Å². The van der Waals surface area contributed by atoms with E-state index in [1.165, 1.54) is 0 Å². The van der Waals surface area contributed by atoms with Gasteiger partial charge in [-0.2, -0.15) is 0 Å². The van der Waals surface area contributed by atoms with Crippen LogP contribution in [-0.2, 0) is 6.54 Å². The zero-order chi connectivity index (χ0) is 14.5. The second-order valence-electron chi connectivity index (χ2n) is 4.30. The van der Waals surface area contributed by atoms with Gasteiger partial charge in [0.05, 0.1) is 13.2 Å². The number of nitrogens with one attached hydrogen (secondary N) is 1. The first-order valence-corrected chi connectivity index (χ1v) is 6.39. The van der Waals surface area contributed by atoms with Crippen LogP contribution in [0.3, 0.4) is 0 Å². The average Bonchev–Trinajstić information content (AvgIpc) is 2.80. The summed E-state index contributed by atoms with van der Waals surface area (Å²) in [5, 5.41) is 12.1. The summed E-state index contributed by atoms with van der Waals surface area (Å²) in [5.41, 5.74) is 1.12. The molecule has 20 heavy (non-hydrogen) atoms. The van der Waals surface area contributed by atoms with Crippen LogP contribution in [0.25, 0.3) is 0 Å². The molecule has 0 aliphatic rings. The van der Waals surface area contributed by atoms with Crippen LogP contribution >= 0.6 is 0 Å². The Morgan fingerprint density at radius 3 is 2.60 bits per heavy atom. The molecule has 5 nitrogen and oxygen atoms in total. The topological polar surface area (TPSA) is 71.7 Å². The van der Waals surface area contributed by atoms with Crippen LogP contribution in [0.15, 0.2) is 34.7 Å². The zero-order valence-corrected chi connectivity index (χ0v) is 11.5. The van der Waals surface area contributed by atoms with Crippen molar-refractivity contribution in [1.82, 2.24) is 0 Å². The highest BCUT2D eigenvalue weighted by molar-refractivity contribution is 5.88. The molecule has 0 amide bonds. The number of carboxylic acids is 1. The Bertz CT molecular complexity index is 586. The summed E-state index contributed by atoms with van der Waals surface area (Å²) in [5.74, 6) is 0.855. The largest absolute Gasteiger partial charge is 0.494 e. The van der Waals surface area contributed by atoms with Gasteiger partial charge in [-0.25, -0.2) is 4.79 Å². The second kappa shape index (κ2) is 6.14. The van der Waals surface area contributed by atoms with Gasteiger partial charge in [-0.1, -0.05) is 0 Å². The molecule has 0 aliphatic carbocycles. The molecule has 0 atom stereocenters. The SMILES string of the molecule is CCOc1ccc(NCc2cc(C(=O)O)c(C)o2)cc1. The molecule has 2 aromatic rings. The van der Waals surface area contributed by atoms with E-state index in [-0.39, 0.29) is 5.56 Å². The minimum atomic E-state index is -0.974. The molecule has 106 valence electrons. The fourth-order valence-corrected chi connectivity index (χ4v) is 1.87. The molecule has 0 saturated carbocycles.